The van der Waals surface area contributed by atoms with Crippen molar-refractivity contribution in [2.45, 2.75) is 6.42 Å². The van der Waals surface area contributed by atoms with Gasteiger partial charge in [0.1, 0.15) is 5.75 Å². The fourth-order valence-corrected chi connectivity index (χ4v) is 1.25. The molecule has 5 heteroatoms. The van der Waals surface area contributed by atoms with E-state index in [-0.39, 0.29) is 10.9 Å². The van der Waals surface area contributed by atoms with E-state index in [0.717, 1.165) is 5.56 Å². The summed E-state index contributed by atoms with van der Waals surface area (Å²) in [6.07, 6.45) is 3.79. The van der Waals surface area contributed by atoms with Crippen LogP contribution in [0.15, 0.2) is 36.0 Å². The Hall–Kier alpha value is -1.88. The molecular weight excluding hydrogens is 222 g/mol. The molecule has 0 unspecified atom stereocenters. The van der Waals surface area contributed by atoms with Gasteiger partial charge in [0, 0.05) is 5.56 Å². The van der Waals surface area contributed by atoms with Gasteiger partial charge >= 0.3 is 0 Å². The number of para-hydroxylation sites is 1. The van der Waals surface area contributed by atoms with Gasteiger partial charge in [-0.05, 0) is 30.3 Å². The van der Waals surface area contributed by atoms with E-state index in [1.165, 1.54) is 6.21 Å². The van der Waals surface area contributed by atoms with Crippen LogP contribution in [0.25, 0.3) is 0 Å². The van der Waals surface area contributed by atoms with E-state index in [2.05, 4.69) is 29.3 Å². The summed E-state index contributed by atoms with van der Waals surface area (Å²) in [5, 5.41) is 13.7. The second kappa shape index (κ2) is 5.87. The molecule has 0 saturated heterocycles. The van der Waals surface area contributed by atoms with Crippen molar-refractivity contribution >= 4 is 23.5 Å². The summed E-state index contributed by atoms with van der Waals surface area (Å²) in [6, 6.07) is 5.41. The molecule has 16 heavy (non-hydrogen) atoms. The molecule has 4 N–H and O–H groups in total. The number of rotatable bonds is 4. The van der Waals surface area contributed by atoms with Gasteiger partial charge in [0.25, 0.3) is 0 Å². The minimum absolute atomic E-state index is 0.0815. The van der Waals surface area contributed by atoms with Crippen molar-refractivity contribution in [3.05, 3.63) is 42.0 Å². The summed E-state index contributed by atoms with van der Waals surface area (Å²) in [5.41, 5.74) is 9.02. The quantitative estimate of drug-likeness (QED) is 0.318. The molecule has 0 aliphatic rings. The van der Waals surface area contributed by atoms with Crippen LogP contribution in [0, 0.1) is 0 Å². The molecule has 0 heterocycles. The van der Waals surface area contributed by atoms with Crippen molar-refractivity contribution in [1.29, 1.82) is 0 Å². The second-order valence-electron chi connectivity index (χ2n) is 3.08. The van der Waals surface area contributed by atoms with Crippen molar-refractivity contribution < 1.29 is 5.11 Å². The molecule has 0 spiro atoms. The fourth-order valence-electron chi connectivity index (χ4n) is 1.20. The van der Waals surface area contributed by atoms with Crippen LogP contribution in [0.2, 0.25) is 0 Å². The number of aromatic hydroxyl groups is 1. The van der Waals surface area contributed by atoms with Crippen molar-refractivity contribution in [3.63, 3.8) is 0 Å². The molecule has 0 atom stereocenters. The fraction of sp³-hybridized carbons (Fsp3) is 0.0909. The second-order valence-corrected chi connectivity index (χ2v) is 3.52. The summed E-state index contributed by atoms with van der Waals surface area (Å²) >= 11 is 4.59. The number of benzene rings is 1. The lowest BCUT2D eigenvalue weighted by Gasteiger charge is -2.04. The zero-order valence-electron chi connectivity index (χ0n) is 8.68. The van der Waals surface area contributed by atoms with E-state index in [1.807, 2.05) is 12.1 Å². The van der Waals surface area contributed by atoms with Crippen LogP contribution < -0.4 is 11.2 Å². The number of allylic oxidation sites excluding steroid dienone is 1. The standard InChI is InChI=1S/C11H13N3OS/c1-2-4-8-5-3-6-9(10(8)15)7-13-14-11(12)16/h2-3,5-7,15H,1,4H2,(H3,12,14,16)/b13-7+. The van der Waals surface area contributed by atoms with Gasteiger partial charge in [-0.1, -0.05) is 18.2 Å². The van der Waals surface area contributed by atoms with Gasteiger partial charge in [0.05, 0.1) is 6.21 Å². The van der Waals surface area contributed by atoms with Crippen LogP contribution in [-0.2, 0) is 6.42 Å². The van der Waals surface area contributed by atoms with Gasteiger partial charge in [-0.25, -0.2) is 0 Å². The molecule has 0 aliphatic heterocycles. The van der Waals surface area contributed by atoms with Crippen LogP contribution in [-0.4, -0.2) is 16.4 Å². The highest BCUT2D eigenvalue weighted by atomic mass is 32.1. The molecule has 1 aromatic carbocycles. The number of hydrazone groups is 1. The first-order valence-corrected chi connectivity index (χ1v) is 5.06. The van der Waals surface area contributed by atoms with Crippen LogP contribution in [0.1, 0.15) is 11.1 Å². The number of nitrogens with zero attached hydrogens (tertiary/aromatic N) is 1. The third kappa shape index (κ3) is 3.36. The van der Waals surface area contributed by atoms with Gasteiger partial charge in [-0.15, -0.1) is 6.58 Å². The van der Waals surface area contributed by atoms with E-state index in [0.29, 0.717) is 12.0 Å². The Kier molecular flexibility index (Phi) is 4.47. The first kappa shape index (κ1) is 12.2. The average molecular weight is 235 g/mol. The zero-order chi connectivity index (χ0) is 12.0. The van der Waals surface area contributed by atoms with Crippen LogP contribution in [0.4, 0.5) is 0 Å². The molecule has 0 fully saturated rings. The summed E-state index contributed by atoms with van der Waals surface area (Å²) < 4.78 is 0. The average Bonchev–Trinajstić information content (AvgIpc) is 2.23. The topological polar surface area (TPSA) is 70.6 Å². The Morgan fingerprint density at radius 1 is 1.62 bits per heavy atom. The molecule has 1 rings (SSSR count). The Morgan fingerprint density at radius 3 is 3.00 bits per heavy atom. The minimum atomic E-state index is 0.0815. The Bertz CT molecular complexity index is 429. The molecule has 84 valence electrons. The molecule has 0 radical (unpaired) electrons. The third-order valence-electron chi connectivity index (χ3n) is 1.89. The normalized spacial score (nSPS) is 10.2. The largest absolute Gasteiger partial charge is 0.507 e. The first-order chi connectivity index (χ1) is 7.65. The maximum absolute atomic E-state index is 9.85. The third-order valence-corrected chi connectivity index (χ3v) is 1.98. The minimum Gasteiger partial charge on any atom is -0.507 e. The monoisotopic (exact) mass is 235 g/mol. The maximum atomic E-state index is 9.85. The van der Waals surface area contributed by atoms with Gasteiger partial charge < -0.3 is 10.8 Å². The van der Waals surface area contributed by atoms with Gasteiger partial charge in [0.2, 0.25) is 0 Å². The van der Waals surface area contributed by atoms with Crippen molar-refractivity contribution in [2.24, 2.45) is 10.8 Å². The number of thiocarbonyl (C=S) groups is 1. The summed E-state index contributed by atoms with van der Waals surface area (Å²) in [5.74, 6) is 0.191. The van der Waals surface area contributed by atoms with Crippen molar-refractivity contribution in [3.8, 4) is 5.75 Å². The van der Waals surface area contributed by atoms with Gasteiger partial charge in [0.15, 0.2) is 5.11 Å². The number of nitrogens with two attached hydrogens (primary N) is 1. The van der Waals surface area contributed by atoms with Crippen molar-refractivity contribution in [2.75, 3.05) is 0 Å². The molecule has 0 saturated carbocycles. The number of hydrogen-bond donors (Lipinski definition) is 3. The lowest BCUT2D eigenvalue weighted by atomic mass is 10.1. The number of phenolic OH excluding ortho intramolecular Hbond substituents is 1. The first-order valence-electron chi connectivity index (χ1n) is 4.65. The Morgan fingerprint density at radius 2 is 2.38 bits per heavy atom. The summed E-state index contributed by atoms with van der Waals surface area (Å²) in [7, 11) is 0. The Balaban J connectivity index is 2.88. The summed E-state index contributed by atoms with van der Waals surface area (Å²) in [6.45, 7) is 3.62. The maximum Gasteiger partial charge on any atom is 0.184 e. The molecule has 0 bridgehead atoms. The molecule has 4 nitrogen and oxygen atoms in total. The van der Waals surface area contributed by atoms with Crippen LogP contribution in [0.5, 0.6) is 5.75 Å². The predicted octanol–water partition coefficient (Wildman–Crippen LogP) is 1.29. The zero-order valence-corrected chi connectivity index (χ0v) is 9.50. The highest BCUT2D eigenvalue weighted by molar-refractivity contribution is 7.80. The highest BCUT2D eigenvalue weighted by Crippen LogP contribution is 2.21. The number of nitrogens with one attached hydrogen (secondary N) is 1. The Labute approximate surface area is 99.5 Å². The van der Waals surface area contributed by atoms with E-state index in [1.54, 1.807) is 12.1 Å². The predicted molar refractivity (Wildman–Crippen MR) is 69.5 cm³/mol. The summed E-state index contributed by atoms with van der Waals surface area (Å²) in [4.78, 5) is 0. The van der Waals surface area contributed by atoms with E-state index in [9.17, 15) is 5.11 Å². The SMILES string of the molecule is C=CCc1cccc(/C=N/NC(N)=S)c1O. The van der Waals surface area contributed by atoms with Crippen LogP contribution in [0.3, 0.4) is 0 Å². The van der Waals surface area contributed by atoms with E-state index < -0.39 is 0 Å². The molecule has 0 aromatic heterocycles. The molecule has 1 aromatic rings. The van der Waals surface area contributed by atoms with Crippen molar-refractivity contribution in [1.82, 2.24) is 5.43 Å². The molecular formula is C11H13N3OS. The van der Waals surface area contributed by atoms with Gasteiger partial charge in [-0.2, -0.15) is 5.10 Å². The number of phenols is 1. The van der Waals surface area contributed by atoms with E-state index in [4.69, 9.17) is 5.73 Å². The molecule has 0 amide bonds. The van der Waals surface area contributed by atoms with E-state index >= 15 is 0 Å². The van der Waals surface area contributed by atoms with Crippen LogP contribution >= 0.6 is 12.2 Å². The van der Waals surface area contributed by atoms with Gasteiger partial charge in [-0.3, -0.25) is 5.43 Å². The smallest absolute Gasteiger partial charge is 0.184 e. The number of hydrogen-bond acceptors (Lipinski definition) is 3. The lowest BCUT2D eigenvalue weighted by molar-refractivity contribution is 0.469. The highest BCUT2D eigenvalue weighted by Gasteiger charge is 2.03. The molecule has 0 aliphatic carbocycles. The lowest BCUT2D eigenvalue weighted by Crippen LogP contribution is -2.24.